The molecular formula is C16H15NO5. The predicted molar refractivity (Wildman–Crippen MR) is 80.5 cm³/mol. The van der Waals surface area contributed by atoms with Gasteiger partial charge in [-0.25, -0.2) is 0 Å². The van der Waals surface area contributed by atoms with E-state index < -0.39 is 11.0 Å². The molecule has 114 valence electrons. The third-order valence-corrected chi connectivity index (χ3v) is 3.10. The number of ether oxygens (including phenoxy) is 2. The lowest BCUT2D eigenvalue weighted by Gasteiger charge is -2.13. The molecule has 0 amide bonds. The third-order valence-electron chi connectivity index (χ3n) is 3.10. The fourth-order valence-corrected chi connectivity index (χ4v) is 1.89. The van der Waals surface area contributed by atoms with Crippen LogP contribution in [0.2, 0.25) is 0 Å². The second kappa shape index (κ2) is 6.71. The number of hydrogen-bond acceptors (Lipinski definition) is 5. The number of carbonyl (C=O) groups is 1. The van der Waals surface area contributed by atoms with Crippen molar-refractivity contribution in [3.63, 3.8) is 0 Å². The molecular weight excluding hydrogens is 286 g/mol. The molecule has 0 unspecified atom stereocenters. The Morgan fingerprint density at radius 1 is 1.05 bits per heavy atom. The van der Waals surface area contributed by atoms with Crippen molar-refractivity contribution in [1.29, 1.82) is 0 Å². The zero-order valence-corrected chi connectivity index (χ0v) is 12.2. The van der Waals surface area contributed by atoms with Crippen molar-refractivity contribution in [3.05, 3.63) is 64.2 Å². The van der Waals surface area contributed by atoms with E-state index in [-0.39, 0.29) is 11.5 Å². The van der Waals surface area contributed by atoms with Gasteiger partial charge < -0.3 is 9.47 Å². The van der Waals surface area contributed by atoms with Crippen LogP contribution in [-0.4, -0.2) is 23.9 Å². The van der Waals surface area contributed by atoms with Crippen LogP contribution >= 0.6 is 0 Å². The molecule has 0 heterocycles. The highest BCUT2D eigenvalue weighted by Gasteiger charge is 2.17. The summed E-state index contributed by atoms with van der Waals surface area (Å²) < 4.78 is 10.6. The van der Waals surface area contributed by atoms with Gasteiger partial charge in [-0.1, -0.05) is 0 Å². The molecule has 0 bridgehead atoms. The largest absolute Gasteiger partial charge is 0.497 e. The van der Waals surface area contributed by atoms with Crippen molar-refractivity contribution < 1.29 is 19.2 Å². The standard InChI is InChI=1S/C16H15NO5/c1-11(16(18)12-3-7-14(21-2)8-4-12)22-15-9-5-13(6-10-15)17(19)20/h3-11H,1-2H3/t11-/m1/s1. The second-order valence-corrected chi connectivity index (χ2v) is 4.60. The Labute approximate surface area is 127 Å². The van der Waals surface area contributed by atoms with Crippen molar-refractivity contribution in [2.45, 2.75) is 13.0 Å². The maximum Gasteiger partial charge on any atom is 0.269 e. The highest BCUT2D eigenvalue weighted by Crippen LogP contribution is 2.20. The highest BCUT2D eigenvalue weighted by molar-refractivity contribution is 5.99. The molecule has 0 N–H and O–H groups in total. The lowest BCUT2D eigenvalue weighted by Crippen LogP contribution is -2.23. The van der Waals surface area contributed by atoms with Crippen LogP contribution in [0.1, 0.15) is 17.3 Å². The third kappa shape index (κ3) is 3.60. The Balaban J connectivity index is 2.05. The molecule has 0 radical (unpaired) electrons. The molecule has 1 atom stereocenters. The number of hydrogen-bond donors (Lipinski definition) is 0. The number of non-ortho nitro benzene ring substituents is 1. The van der Waals surface area contributed by atoms with Crippen LogP contribution in [0, 0.1) is 10.1 Å². The first-order chi connectivity index (χ1) is 10.5. The summed E-state index contributed by atoms with van der Waals surface area (Å²) in [6, 6.07) is 12.3. The van der Waals surface area contributed by atoms with Gasteiger partial charge in [0.2, 0.25) is 5.78 Å². The quantitative estimate of drug-likeness (QED) is 0.465. The van der Waals surface area contributed by atoms with E-state index in [1.165, 1.54) is 24.3 Å². The Bertz CT molecular complexity index is 664. The number of methoxy groups -OCH3 is 1. The number of ketones is 1. The molecule has 2 rings (SSSR count). The SMILES string of the molecule is COc1ccc(C(=O)[C@@H](C)Oc2ccc([N+](=O)[O-])cc2)cc1. The minimum absolute atomic E-state index is 0.0264. The Morgan fingerprint density at radius 3 is 2.09 bits per heavy atom. The summed E-state index contributed by atoms with van der Waals surface area (Å²) >= 11 is 0. The van der Waals surface area contributed by atoms with Crippen molar-refractivity contribution in [1.82, 2.24) is 0 Å². The average Bonchev–Trinajstić information content (AvgIpc) is 2.54. The molecule has 0 saturated heterocycles. The zero-order chi connectivity index (χ0) is 16.1. The summed E-state index contributed by atoms with van der Waals surface area (Å²) in [5, 5.41) is 10.6. The zero-order valence-electron chi connectivity index (χ0n) is 12.2. The van der Waals surface area contributed by atoms with E-state index in [2.05, 4.69) is 0 Å². The number of benzene rings is 2. The summed E-state index contributed by atoms with van der Waals surface area (Å²) in [6.45, 7) is 1.63. The van der Waals surface area contributed by atoms with Crippen LogP contribution in [0.4, 0.5) is 5.69 Å². The first-order valence-electron chi connectivity index (χ1n) is 6.60. The number of nitro groups is 1. The lowest BCUT2D eigenvalue weighted by atomic mass is 10.1. The minimum Gasteiger partial charge on any atom is -0.497 e. The summed E-state index contributed by atoms with van der Waals surface area (Å²) in [7, 11) is 1.55. The molecule has 2 aromatic carbocycles. The van der Waals surface area contributed by atoms with E-state index in [1.807, 2.05) is 0 Å². The summed E-state index contributed by atoms with van der Waals surface area (Å²) in [4.78, 5) is 22.3. The van der Waals surface area contributed by atoms with E-state index in [0.717, 1.165) is 0 Å². The molecule has 0 spiro atoms. The first-order valence-corrected chi connectivity index (χ1v) is 6.60. The van der Waals surface area contributed by atoms with Gasteiger partial charge in [0, 0.05) is 17.7 Å². The number of Topliss-reactive ketones (excluding diaryl/α,β-unsaturated/α-hetero) is 1. The van der Waals surface area contributed by atoms with Crippen molar-refractivity contribution in [2.24, 2.45) is 0 Å². The molecule has 0 aliphatic carbocycles. The molecule has 2 aromatic rings. The van der Waals surface area contributed by atoms with E-state index in [0.29, 0.717) is 17.1 Å². The van der Waals surface area contributed by atoms with Crippen molar-refractivity contribution in [2.75, 3.05) is 7.11 Å². The molecule has 22 heavy (non-hydrogen) atoms. The van der Waals surface area contributed by atoms with Gasteiger partial charge >= 0.3 is 0 Å². The minimum atomic E-state index is -0.699. The normalized spacial score (nSPS) is 11.5. The van der Waals surface area contributed by atoms with Crippen LogP contribution in [0.15, 0.2) is 48.5 Å². The topological polar surface area (TPSA) is 78.7 Å². The average molecular weight is 301 g/mol. The molecule has 0 saturated carbocycles. The highest BCUT2D eigenvalue weighted by atomic mass is 16.6. The maximum absolute atomic E-state index is 12.2. The number of nitrogens with zero attached hydrogens (tertiary/aromatic N) is 1. The van der Waals surface area contributed by atoms with Crippen molar-refractivity contribution in [3.8, 4) is 11.5 Å². The van der Waals surface area contributed by atoms with Gasteiger partial charge in [-0.3, -0.25) is 14.9 Å². The fraction of sp³-hybridized carbons (Fsp3) is 0.188. The van der Waals surface area contributed by atoms with Gasteiger partial charge in [-0.2, -0.15) is 0 Å². The second-order valence-electron chi connectivity index (χ2n) is 4.60. The van der Waals surface area contributed by atoms with E-state index in [1.54, 1.807) is 38.3 Å². The molecule has 6 nitrogen and oxygen atoms in total. The van der Waals surface area contributed by atoms with Crippen LogP contribution < -0.4 is 9.47 Å². The number of carbonyl (C=O) groups excluding carboxylic acids is 1. The van der Waals surface area contributed by atoms with Gasteiger partial charge in [0.1, 0.15) is 11.5 Å². The molecule has 0 aliphatic rings. The molecule has 0 aromatic heterocycles. The molecule has 0 aliphatic heterocycles. The van der Waals surface area contributed by atoms with Gasteiger partial charge in [0.15, 0.2) is 6.10 Å². The van der Waals surface area contributed by atoms with E-state index >= 15 is 0 Å². The van der Waals surface area contributed by atoms with Crippen LogP contribution in [0.3, 0.4) is 0 Å². The first kappa shape index (κ1) is 15.5. The predicted octanol–water partition coefficient (Wildman–Crippen LogP) is 3.25. The summed E-state index contributed by atoms with van der Waals surface area (Å²) in [5.41, 5.74) is 0.483. The lowest BCUT2D eigenvalue weighted by molar-refractivity contribution is -0.384. The van der Waals surface area contributed by atoms with Crippen molar-refractivity contribution >= 4 is 11.5 Å². The smallest absolute Gasteiger partial charge is 0.269 e. The van der Waals surface area contributed by atoms with Gasteiger partial charge in [-0.05, 0) is 43.3 Å². The Hall–Kier alpha value is -2.89. The van der Waals surface area contributed by atoms with Gasteiger partial charge in [0.25, 0.3) is 5.69 Å². The monoisotopic (exact) mass is 301 g/mol. The number of nitro benzene ring substituents is 1. The number of rotatable bonds is 6. The fourth-order valence-electron chi connectivity index (χ4n) is 1.89. The van der Waals surface area contributed by atoms with Crippen LogP contribution in [0.25, 0.3) is 0 Å². The molecule has 0 fully saturated rings. The van der Waals surface area contributed by atoms with Crippen LogP contribution in [-0.2, 0) is 0 Å². The van der Waals surface area contributed by atoms with E-state index in [9.17, 15) is 14.9 Å². The van der Waals surface area contributed by atoms with Crippen LogP contribution in [0.5, 0.6) is 11.5 Å². The maximum atomic E-state index is 12.2. The van der Waals surface area contributed by atoms with Gasteiger partial charge in [-0.15, -0.1) is 0 Å². The Morgan fingerprint density at radius 2 is 1.59 bits per heavy atom. The Kier molecular flexibility index (Phi) is 4.73. The molecule has 6 heteroatoms. The van der Waals surface area contributed by atoms with E-state index in [4.69, 9.17) is 9.47 Å². The summed E-state index contributed by atoms with van der Waals surface area (Å²) in [5.74, 6) is 0.890. The van der Waals surface area contributed by atoms with Gasteiger partial charge in [0.05, 0.1) is 12.0 Å². The summed E-state index contributed by atoms with van der Waals surface area (Å²) in [6.07, 6.45) is -0.699.